The molecule has 0 aromatic carbocycles. The topological polar surface area (TPSA) is 38.5 Å². The van der Waals surface area contributed by atoms with E-state index in [9.17, 15) is 0 Å². The van der Waals surface area contributed by atoms with Gasteiger partial charge in [-0.25, -0.2) is 4.98 Å². The molecule has 5 heteroatoms. The summed E-state index contributed by atoms with van der Waals surface area (Å²) in [6.07, 6.45) is 7.65. The van der Waals surface area contributed by atoms with E-state index < -0.39 is 8.32 Å². The fraction of sp³-hybridized carbons (Fsp3) is 0.824. The van der Waals surface area contributed by atoms with Crippen molar-refractivity contribution in [3.63, 3.8) is 0 Å². The van der Waals surface area contributed by atoms with Crippen molar-refractivity contribution in [2.24, 2.45) is 0 Å². The highest BCUT2D eigenvalue weighted by Crippen LogP contribution is 2.44. The van der Waals surface area contributed by atoms with E-state index >= 15 is 0 Å². The largest absolute Gasteiger partial charge is 0.422 e. The van der Waals surface area contributed by atoms with Crippen molar-refractivity contribution in [3.05, 3.63) is 12.1 Å². The van der Waals surface area contributed by atoms with Crippen LogP contribution in [-0.2, 0) is 10.0 Å². The van der Waals surface area contributed by atoms with Crippen LogP contribution in [-0.4, -0.2) is 27.4 Å². The Morgan fingerprint density at radius 1 is 1.14 bits per heavy atom. The van der Waals surface area contributed by atoms with Gasteiger partial charge < -0.3 is 13.7 Å². The molecule has 2 rings (SSSR count). The third-order valence-electron chi connectivity index (χ3n) is 5.33. The lowest BCUT2D eigenvalue weighted by molar-refractivity contribution is -0.00940. The average Bonchev–Trinajstić information content (AvgIpc) is 3.05. The molecule has 1 aromatic heterocycles. The Morgan fingerprint density at radius 2 is 1.73 bits per heavy atom. The summed E-state index contributed by atoms with van der Waals surface area (Å²) in [6, 6.07) is 3.51. The van der Waals surface area contributed by atoms with Gasteiger partial charge in [0.05, 0.1) is 6.20 Å². The molecule has 1 fully saturated rings. The minimum atomic E-state index is -1.69. The van der Waals surface area contributed by atoms with Crippen molar-refractivity contribution in [1.82, 2.24) is 4.98 Å². The third kappa shape index (κ3) is 3.40. The number of anilines is 1. The van der Waals surface area contributed by atoms with Crippen LogP contribution in [0.25, 0.3) is 0 Å². The van der Waals surface area contributed by atoms with Crippen molar-refractivity contribution in [2.75, 3.05) is 19.0 Å². The smallest absolute Gasteiger partial charge is 0.228 e. The Kier molecular flexibility index (Phi) is 5.72. The summed E-state index contributed by atoms with van der Waals surface area (Å²) in [5.74, 6) is 1.63. The number of aromatic nitrogens is 1. The number of hydrogen-bond donors (Lipinski definition) is 0. The Morgan fingerprint density at radius 3 is 2.18 bits per heavy atom. The third-order valence-corrected chi connectivity index (χ3v) is 10.0. The Bertz CT molecular complexity index is 455. The summed E-state index contributed by atoms with van der Waals surface area (Å²) >= 11 is 0. The fourth-order valence-electron chi connectivity index (χ4n) is 3.55. The van der Waals surface area contributed by atoms with Crippen molar-refractivity contribution in [2.45, 2.75) is 76.6 Å². The highest BCUT2D eigenvalue weighted by atomic mass is 28.4. The second-order valence-corrected chi connectivity index (χ2v) is 11.5. The first kappa shape index (κ1) is 17.5. The van der Waals surface area contributed by atoms with E-state index in [0.717, 1.165) is 24.6 Å². The van der Waals surface area contributed by atoms with E-state index in [4.69, 9.17) is 8.84 Å². The van der Waals surface area contributed by atoms with Crippen LogP contribution in [0.3, 0.4) is 0 Å². The first-order valence-electron chi connectivity index (χ1n) is 8.84. The van der Waals surface area contributed by atoms with E-state index in [0.29, 0.717) is 0 Å². The lowest BCUT2D eigenvalue weighted by Crippen LogP contribution is -2.46. The second-order valence-electron chi connectivity index (χ2n) is 6.80. The van der Waals surface area contributed by atoms with E-state index in [-0.39, 0.29) is 5.60 Å². The Labute approximate surface area is 136 Å². The molecular weight excluding hydrogens is 292 g/mol. The van der Waals surface area contributed by atoms with Gasteiger partial charge >= 0.3 is 0 Å². The molecule has 0 aliphatic heterocycles. The van der Waals surface area contributed by atoms with Gasteiger partial charge in [0.2, 0.25) is 11.8 Å². The van der Waals surface area contributed by atoms with Gasteiger partial charge in [-0.1, -0.05) is 40.0 Å². The standard InChI is InChI=1S/C17H32N2O2Si/c1-6-22(7-2,8-3)21-17(12-10-9-11-13-17)16-18-14-15(20-16)19(4)5/h14H,6-13H2,1-5H3. The molecule has 0 atom stereocenters. The minimum absolute atomic E-state index is 0.277. The number of hydrogen-bond acceptors (Lipinski definition) is 4. The normalized spacial score (nSPS) is 18.4. The van der Waals surface area contributed by atoms with Gasteiger partial charge in [0.15, 0.2) is 8.32 Å². The van der Waals surface area contributed by atoms with Crippen molar-refractivity contribution >= 4 is 14.2 Å². The Hall–Kier alpha value is -0.813. The molecule has 0 unspecified atom stereocenters. The average molecular weight is 325 g/mol. The van der Waals surface area contributed by atoms with Crippen LogP contribution < -0.4 is 4.90 Å². The molecule has 1 aliphatic carbocycles. The Balaban J connectivity index is 2.34. The zero-order chi connectivity index (χ0) is 16.2. The van der Waals surface area contributed by atoms with Crippen LogP contribution in [0.15, 0.2) is 10.6 Å². The highest BCUT2D eigenvalue weighted by molar-refractivity contribution is 6.73. The van der Waals surface area contributed by atoms with Crippen LogP contribution in [0.5, 0.6) is 0 Å². The number of rotatable bonds is 7. The molecule has 0 saturated heterocycles. The molecule has 0 spiro atoms. The maximum absolute atomic E-state index is 6.96. The molecule has 1 aliphatic rings. The zero-order valence-corrected chi connectivity index (χ0v) is 15.9. The minimum Gasteiger partial charge on any atom is -0.422 e. The second kappa shape index (κ2) is 7.17. The molecule has 4 nitrogen and oxygen atoms in total. The van der Waals surface area contributed by atoms with Crippen LogP contribution in [0.2, 0.25) is 18.1 Å². The van der Waals surface area contributed by atoms with E-state index in [1.54, 1.807) is 0 Å². The summed E-state index contributed by atoms with van der Waals surface area (Å²) < 4.78 is 13.0. The molecule has 0 amide bonds. The van der Waals surface area contributed by atoms with Gasteiger partial charge in [0, 0.05) is 14.1 Å². The molecule has 1 heterocycles. The van der Waals surface area contributed by atoms with Crippen LogP contribution in [0.1, 0.15) is 58.8 Å². The lowest BCUT2D eigenvalue weighted by Gasteiger charge is -2.42. The van der Waals surface area contributed by atoms with Gasteiger partial charge in [0.25, 0.3) is 0 Å². The van der Waals surface area contributed by atoms with E-state index in [2.05, 4.69) is 25.8 Å². The van der Waals surface area contributed by atoms with E-state index in [1.807, 2.05) is 25.2 Å². The molecule has 126 valence electrons. The summed E-state index contributed by atoms with van der Waals surface area (Å²) in [5.41, 5.74) is -0.277. The predicted molar refractivity (Wildman–Crippen MR) is 93.9 cm³/mol. The highest BCUT2D eigenvalue weighted by Gasteiger charge is 2.46. The van der Waals surface area contributed by atoms with Crippen molar-refractivity contribution < 1.29 is 8.84 Å². The van der Waals surface area contributed by atoms with E-state index in [1.165, 1.54) is 37.4 Å². The first-order valence-corrected chi connectivity index (χ1v) is 11.4. The van der Waals surface area contributed by atoms with Crippen molar-refractivity contribution in [1.29, 1.82) is 0 Å². The van der Waals surface area contributed by atoms with Crippen molar-refractivity contribution in [3.8, 4) is 0 Å². The molecular formula is C17H32N2O2Si. The monoisotopic (exact) mass is 324 g/mol. The lowest BCUT2D eigenvalue weighted by atomic mass is 9.85. The van der Waals surface area contributed by atoms with Gasteiger partial charge in [-0.05, 0) is 31.0 Å². The van der Waals surface area contributed by atoms with Crippen LogP contribution >= 0.6 is 0 Å². The first-order chi connectivity index (χ1) is 10.5. The maximum Gasteiger partial charge on any atom is 0.228 e. The summed E-state index contributed by atoms with van der Waals surface area (Å²) in [7, 11) is 2.28. The SMILES string of the molecule is CC[Si](CC)(CC)OC1(c2ncc(N(C)C)o2)CCCCC1. The molecule has 0 radical (unpaired) electrons. The molecule has 1 saturated carbocycles. The predicted octanol–water partition coefficient (Wildman–Crippen LogP) is 4.92. The van der Waals surface area contributed by atoms with Gasteiger partial charge in [-0.3, -0.25) is 0 Å². The quantitative estimate of drug-likeness (QED) is 0.667. The zero-order valence-electron chi connectivity index (χ0n) is 14.9. The maximum atomic E-state index is 6.96. The molecule has 1 aromatic rings. The van der Waals surface area contributed by atoms with Crippen LogP contribution in [0.4, 0.5) is 5.88 Å². The summed E-state index contributed by atoms with van der Waals surface area (Å²) in [6.45, 7) is 6.86. The number of nitrogens with zero attached hydrogens (tertiary/aromatic N) is 2. The van der Waals surface area contributed by atoms with Gasteiger partial charge in [-0.2, -0.15) is 0 Å². The van der Waals surface area contributed by atoms with Gasteiger partial charge in [-0.15, -0.1) is 0 Å². The molecule has 0 N–H and O–H groups in total. The van der Waals surface area contributed by atoms with Gasteiger partial charge in [0.1, 0.15) is 5.60 Å². The summed E-state index contributed by atoms with van der Waals surface area (Å²) in [5, 5.41) is 0. The molecule has 22 heavy (non-hydrogen) atoms. The number of oxazole rings is 1. The molecule has 0 bridgehead atoms. The fourth-order valence-corrected chi connectivity index (χ4v) is 6.60. The van der Waals surface area contributed by atoms with Crippen LogP contribution in [0, 0.1) is 0 Å². The summed E-state index contributed by atoms with van der Waals surface area (Å²) in [4.78, 5) is 6.58.